The van der Waals surface area contributed by atoms with Crippen LogP contribution in [0.3, 0.4) is 0 Å². The maximum absolute atomic E-state index is 13.2. The summed E-state index contributed by atoms with van der Waals surface area (Å²) >= 11 is 0. The first-order valence-corrected chi connectivity index (χ1v) is 5.44. The highest BCUT2D eigenvalue weighted by Crippen LogP contribution is 2.22. The quantitative estimate of drug-likeness (QED) is 0.557. The van der Waals surface area contributed by atoms with Gasteiger partial charge in [-0.1, -0.05) is 6.07 Å². The lowest BCUT2D eigenvalue weighted by atomic mass is 10.3. The molecule has 0 unspecified atom stereocenters. The molecule has 0 aliphatic carbocycles. The molecular formula is C11H6FN5O3. The van der Waals surface area contributed by atoms with E-state index in [1.165, 1.54) is 18.2 Å². The van der Waals surface area contributed by atoms with Gasteiger partial charge in [0, 0.05) is 6.07 Å². The van der Waals surface area contributed by atoms with Crippen LogP contribution in [0.2, 0.25) is 0 Å². The highest BCUT2D eigenvalue weighted by atomic mass is 19.1. The van der Waals surface area contributed by atoms with Crippen LogP contribution in [-0.2, 0) is 0 Å². The highest BCUT2D eigenvalue weighted by Gasteiger charge is 2.26. The molecule has 20 heavy (non-hydrogen) atoms. The summed E-state index contributed by atoms with van der Waals surface area (Å²) in [5.74, 6) is -1.16. The van der Waals surface area contributed by atoms with Crippen LogP contribution in [0, 0.1) is 15.9 Å². The lowest BCUT2D eigenvalue weighted by Crippen LogP contribution is -2.07. The topological polar surface area (TPSA) is 107 Å². The molecule has 0 atom stereocenters. The van der Waals surface area contributed by atoms with E-state index < -0.39 is 22.1 Å². The Morgan fingerprint density at radius 3 is 2.90 bits per heavy atom. The van der Waals surface area contributed by atoms with E-state index in [4.69, 9.17) is 0 Å². The summed E-state index contributed by atoms with van der Waals surface area (Å²) in [5.41, 5.74) is -0.448. The molecule has 0 aliphatic heterocycles. The van der Waals surface area contributed by atoms with Gasteiger partial charge in [-0.05, 0) is 17.1 Å². The van der Waals surface area contributed by atoms with E-state index in [2.05, 4.69) is 15.1 Å². The van der Waals surface area contributed by atoms with Gasteiger partial charge in [-0.2, -0.15) is 0 Å². The molecule has 0 fully saturated rings. The Morgan fingerprint density at radius 2 is 2.20 bits per heavy atom. The monoisotopic (exact) mass is 275 g/mol. The van der Waals surface area contributed by atoms with Crippen LogP contribution >= 0.6 is 0 Å². The number of hydrogen-bond donors (Lipinski definition) is 1. The predicted octanol–water partition coefficient (Wildman–Crippen LogP) is 1.16. The number of halogens is 1. The number of nitrogens with one attached hydrogen (secondary N) is 1. The Hall–Kier alpha value is -3.10. The van der Waals surface area contributed by atoms with Crippen molar-refractivity contribution in [2.75, 3.05) is 0 Å². The van der Waals surface area contributed by atoms with Gasteiger partial charge in [0.2, 0.25) is 0 Å². The Kier molecular flexibility index (Phi) is 2.53. The first kappa shape index (κ1) is 12.0. The summed E-state index contributed by atoms with van der Waals surface area (Å²) in [6.45, 7) is 0. The molecule has 8 nitrogen and oxygen atoms in total. The van der Waals surface area contributed by atoms with Gasteiger partial charge in [0.15, 0.2) is 11.0 Å². The number of aromatic amines is 1. The van der Waals surface area contributed by atoms with E-state index >= 15 is 0 Å². The number of benzene rings is 1. The van der Waals surface area contributed by atoms with Gasteiger partial charge in [-0.25, -0.2) is 9.37 Å². The summed E-state index contributed by atoms with van der Waals surface area (Å²) in [4.78, 5) is 28.0. The number of aromatic nitrogens is 4. The first-order valence-electron chi connectivity index (χ1n) is 5.44. The molecule has 1 aromatic carbocycles. The van der Waals surface area contributed by atoms with Crippen LogP contribution in [0.1, 0.15) is 0 Å². The second kappa shape index (κ2) is 4.23. The molecule has 9 heteroatoms. The Morgan fingerprint density at radius 1 is 1.40 bits per heavy atom. The van der Waals surface area contributed by atoms with Gasteiger partial charge in [0.1, 0.15) is 5.82 Å². The molecule has 2 aromatic heterocycles. The summed E-state index contributed by atoms with van der Waals surface area (Å²) in [5, 5.41) is 14.4. The minimum atomic E-state index is -0.783. The molecular weight excluding hydrogens is 269 g/mol. The summed E-state index contributed by atoms with van der Waals surface area (Å²) < 4.78 is 14.3. The van der Waals surface area contributed by atoms with Crippen molar-refractivity contribution in [3.8, 4) is 5.69 Å². The highest BCUT2D eigenvalue weighted by molar-refractivity contribution is 5.84. The Balaban J connectivity index is 2.41. The number of nitro groups is 1. The van der Waals surface area contributed by atoms with Crippen molar-refractivity contribution < 1.29 is 9.31 Å². The largest absolute Gasteiger partial charge is 0.405 e. The maximum Gasteiger partial charge on any atom is 0.405 e. The van der Waals surface area contributed by atoms with Crippen LogP contribution in [0.25, 0.3) is 16.7 Å². The molecule has 0 spiro atoms. The third kappa shape index (κ3) is 1.72. The molecule has 0 radical (unpaired) electrons. The third-order valence-electron chi connectivity index (χ3n) is 2.68. The number of fused-ring (bicyclic) bond motifs is 1. The van der Waals surface area contributed by atoms with Crippen molar-refractivity contribution in [1.82, 2.24) is 19.7 Å². The average molecular weight is 275 g/mol. The van der Waals surface area contributed by atoms with Crippen molar-refractivity contribution in [3.05, 3.63) is 56.9 Å². The van der Waals surface area contributed by atoms with Crippen molar-refractivity contribution >= 4 is 16.9 Å². The molecule has 0 aliphatic rings. The molecule has 2 heterocycles. The van der Waals surface area contributed by atoms with E-state index in [-0.39, 0.29) is 16.7 Å². The fraction of sp³-hybridized carbons (Fsp3) is 0. The maximum atomic E-state index is 13.2. The van der Waals surface area contributed by atoms with E-state index in [9.17, 15) is 19.3 Å². The molecule has 100 valence electrons. The van der Waals surface area contributed by atoms with Gasteiger partial charge >= 0.3 is 5.82 Å². The first-order chi connectivity index (χ1) is 9.58. The van der Waals surface area contributed by atoms with Crippen LogP contribution < -0.4 is 5.56 Å². The van der Waals surface area contributed by atoms with Crippen LogP contribution in [-0.4, -0.2) is 24.7 Å². The Labute approximate surface area is 109 Å². The summed E-state index contributed by atoms with van der Waals surface area (Å²) in [6, 6.07) is 5.29. The minimum absolute atomic E-state index is 0.00829. The van der Waals surface area contributed by atoms with E-state index in [0.717, 1.165) is 17.1 Å². The lowest BCUT2D eigenvalue weighted by Gasteiger charge is -1.97. The number of nitrogens with zero attached hydrogens (tertiary/aromatic N) is 4. The van der Waals surface area contributed by atoms with E-state index in [1.54, 1.807) is 0 Å². The molecule has 3 rings (SSSR count). The smallest absolute Gasteiger partial charge is 0.358 e. The molecule has 0 amide bonds. The minimum Gasteiger partial charge on any atom is -0.358 e. The average Bonchev–Trinajstić information content (AvgIpc) is 2.80. The fourth-order valence-corrected chi connectivity index (χ4v) is 1.86. The summed E-state index contributed by atoms with van der Waals surface area (Å²) in [6.07, 6.45) is 1.10. The SMILES string of the molecule is O=c1[nH]cnc2c1c([N+](=O)[O-])nn2-c1cccc(F)c1. The van der Waals surface area contributed by atoms with Crippen LogP contribution in [0.4, 0.5) is 10.2 Å². The molecule has 0 bridgehead atoms. The zero-order valence-corrected chi connectivity index (χ0v) is 9.78. The number of rotatable bonds is 2. The lowest BCUT2D eigenvalue weighted by molar-refractivity contribution is -0.388. The number of hydrogen-bond acceptors (Lipinski definition) is 5. The van der Waals surface area contributed by atoms with Gasteiger partial charge < -0.3 is 15.1 Å². The second-order valence-corrected chi connectivity index (χ2v) is 3.90. The Bertz CT molecular complexity index is 885. The van der Waals surface area contributed by atoms with Gasteiger partial charge in [-0.3, -0.25) is 4.79 Å². The second-order valence-electron chi connectivity index (χ2n) is 3.90. The molecule has 1 N–H and O–H groups in total. The normalized spacial score (nSPS) is 10.8. The van der Waals surface area contributed by atoms with Crippen molar-refractivity contribution in [3.63, 3.8) is 0 Å². The van der Waals surface area contributed by atoms with Crippen molar-refractivity contribution in [2.45, 2.75) is 0 Å². The van der Waals surface area contributed by atoms with E-state index in [0.29, 0.717) is 0 Å². The van der Waals surface area contributed by atoms with Crippen molar-refractivity contribution in [2.24, 2.45) is 0 Å². The standard InChI is InChI=1S/C11H6FN5O3/c12-6-2-1-3-7(4-6)16-9-8(10(15-16)17(19)20)11(18)14-5-13-9/h1-5H,(H,13,14,18). The fourth-order valence-electron chi connectivity index (χ4n) is 1.86. The van der Waals surface area contributed by atoms with E-state index in [1.807, 2.05) is 0 Å². The van der Waals surface area contributed by atoms with Crippen molar-refractivity contribution in [1.29, 1.82) is 0 Å². The molecule has 3 aromatic rings. The molecule has 0 saturated carbocycles. The predicted molar refractivity (Wildman–Crippen MR) is 66.1 cm³/mol. The van der Waals surface area contributed by atoms with Crippen LogP contribution in [0.15, 0.2) is 35.4 Å². The van der Waals surface area contributed by atoms with Gasteiger partial charge in [0.05, 0.1) is 17.1 Å². The van der Waals surface area contributed by atoms with Gasteiger partial charge in [0.25, 0.3) is 5.56 Å². The zero-order chi connectivity index (χ0) is 14.3. The van der Waals surface area contributed by atoms with Crippen LogP contribution in [0.5, 0.6) is 0 Å². The number of H-pyrrole nitrogens is 1. The summed E-state index contributed by atoms with van der Waals surface area (Å²) in [7, 11) is 0. The van der Waals surface area contributed by atoms with Gasteiger partial charge in [-0.15, -0.1) is 4.68 Å². The third-order valence-corrected chi connectivity index (χ3v) is 2.68. The molecule has 0 saturated heterocycles. The zero-order valence-electron chi connectivity index (χ0n) is 9.78.